The summed E-state index contributed by atoms with van der Waals surface area (Å²) in [5, 5.41) is 3.96. The van der Waals surface area contributed by atoms with Crippen LogP contribution in [-0.4, -0.2) is 22.4 Å². The molecular weight excluding hydrogens is 334 g/mol. The molecule has 106 valence electrons. The maximum absolute atomic E-state index is 13.5. The van der Waals surface area contributed by atoms with Gasteiger partial charge in [-0.1, -0.05) is 15.9 Å². The van der Waals surface area contributed by atoms with E-state index in [4.69, 9.17) is 4.74 Å². The second-order valence-electron chi connectivity index (χ2n) is 4.15. The summed E-state index contributed by atoms with van der Waals surface area (Å²) in [5.74, 6) is -2.93. The molecule has 7 heteroatoms. The number of rotatable bonds is 4. The van der Waals surface area contributed by atoms with Crippen LogP contribution in [0.5, 0.6) is 0 Å². The Morgan fingerprint density at radius 1 is 1.40 bits per heavy atom. The minimum absolute atomic E-state index is 0.0273. The molecule has 1 aromatic carbocycles. The normalized spacial score (nSPS) is 10.6. The van der Waals surface area contributed by atoms with Gasteiger partial charge in [-0.05, 0) is 17.7 Å². The van der Waals surface area contributed by atoms with Crippen LogP contribution in [0.4, 0.5) is 8.78 Å². The third-order valence-corrected chi connectivity index (χ3v) is 3.05. The maximum atomic E-state index is 13.5. The fourth-order valence-corrected chi connectivity index (χ4v) is 2.07. The standard InChI is InChI=1S/C13H11BrF2N2O2/c1-18-7-8(6-17-18)2-3-20-13(19)12-10(15)4-9(14)5-11(12)16/h4-7H,2-3H2,1H3. The lowest BCUT2D eigenvalue weighted by atomic mass is 10.2. The van der Waals surface area contributed by atoms with Crippen molar-refractivity contribution in [3.63, 3.8) is 0 Å². The Kier molecular flexibility index (Phi) is 4.49. The SMILES string of the molecule is Cn1cc(CCOC(=O)c2c(F)cc(Br)cc2F)cn1. The smallest absolute Gasteiger partial charge is 0.344 e. The highest BCUT2D eigenvalue weighted by atomic mass is 79.9. The molecular formula is C13H11BrF2N2O2. The van der Waals surface area contributed by atoms with Crippen LogP contribution in [0.25, 0.3) is 0 Å². The van der Waals surface area contributed by atoms with Gasteiger partial charge < -0.3 is 4.74 Å². The van der Waals surface area contributed by atoms with Gasteiger partial charge in [-0.25, -0.2) is 13.6 Å². The van der Waals surface area contributed by atoms with Gasteiger partial charge in [0.1, 0.15) is 17.2 Å². The molecule has 0 atom stereocenters. The Bertz CT molecular complexity index is 620. The van der Waals surface area contributed by atoms with Crippen LogP contribution < -0.4 is 0 Å². The van der Waals surface area contributed by atoms with E-state index in [1.165, 1.54) is 0 Å². The number of halogens is 3. The molecule has 1 aromatic heterocycles. The molecule has 0 fully saturated rings. The first-order chi connectivity index (χ1) is 9.47. The highest BCUT2D eigenvalue weighted by molar-refractivity contribution is 9.10. The molecule has 0 N–H and O–H groups in total. The minimum atomic E-state index is -1.02. The molecule has 4 nitrogen and oxygen atoms in total. The lowest BCUT2D eigenvalue weighted by Crippen LogP contribution is -2.12. The summed E-state index contributed by atoms with van der Waals surface area (Å²) in [6.07, 6.45) is 3.84. The van der Waals surface area contributed by atoms with Crippen molar-refractivity contribution in [1.82, 2.24) is 9.78 Å². The second kappa shape index (κ2) is 6.13. The van der Waals surface area contributed by atoms with Gasteiger partial charge in [0.15, 0.2) is 0 Å². The number of nitrogens with zero attached hydrogens (tertiary/aromatic N) is 2. The minimum Gasteiger partial charge on any atom is -0.462 e. The van der Waals surface area contributed by atoms with Crippen LogP contribution in [0.3, 0.4) is 0 Å². The van der Waals surface area contributed by atoms with E-state index in [9.17, 15) is 13.6 Å². The number of carbonyl (C=O) groups is 1. The van der Waals surface area contributed by atoms with Crippen molar-refractivity contribution < 1.29 is 18.3 Å². The molecule has 0 saturated heterocycles. The predicted octanol–water partition coefficient (Wildman–Crippen LogP) is 2.86. The van der Waals surface area contributed by atoms with E-state index < -0.39 is 23.2 Å². The molecule has 0 bridgehead atoms. The average Bonchev–Trinajstić information content (AvgIpc) is 2.73. The van der Waals surface area contributed by atoms with Crippen LogP contribution in [0.2, 0.25) is 0 Å². The van der Waals surface area contributed by atoms with Crippen molar-refractivity contribution >= 4 is 21.9 Å². The van der Waals surface area contributed by atoms with Crippen LogP contribution >= 0.6 is 15.9 Å². The zero-order chi connectivity index (χ0) is 14.7. The molecule has 0 amide bonds. The lowest BCUT2D eigenvalue weighted by Gasteiger charge is -2.06. The number of aryl methyl sites for hydroxylation is 1. The van der Waals surface area contributed by atoms with Crippen LogP contribution in [0.15, 0.2) is 29.0 Å². The summed E-state index contributed by atoms with van der Waals surface area (Å²) >= 11 is 2.94. The summed E-state index contributed by atoms with van der Waals surface area (Å²) in [5.41, 5.74) is 0.191. The summed E-state index contributed by atoms with van der Waals surface area (Å²) in [6, 6.07) is 2.03. The van der Waals surface area contributed by atoms with Gasteiger partial charge in [-0.3, -0.25) is 4.68 Å². The zero-order valence-electron chi connectivity index (χ0n) is 10.6. The highest BCUT2D eigenvalue weighted by Crippen LogP contribution is 2.20. The average molecular weight is 345 g/mol. The maximum Gasteiger partial charge on any atom is 0.344 e. The van der Waals surface area contributed by atoms with Gasteiger partial charge in [0.05, 0.1) is 12.8 Å². The third kappa shape index (κ3) is 3.41. The third-order valence-electron chi connectivity index (χ3n) is 2.59. The Labute approximate surface area is 122 Å². The van der Waals surface area contributed by atoms with Gasteiger partial charge in [0.25, 0.3) is 0 Å². The van der Waals surface area contributed by atoms with Crippen molar-refractivity contribution in [3.8, 4) is 0 Å². The molecule has 0 radical (unpaired) electrons. The number of hydrogen-bond acceptors (Lipinski definition) is 3. The molecule has 0 aliphatic heterocycles. The van der Waals surface area contributed by atoms with Crippen LogP contribution in [-0.2, 0) is 18.2 Å². The van der Waals surface area contributed by atoms with E-state index in [2.05, 4.69) is 21.0 Å². The van der Waals surface area contributed by atoms with E-state index in [0.29, 0.717) is 6.42 Å². The Morgan fingerprint density at radius 2 is 2.05 bits per heavy atom. The topological polar surface area (TPSA) is 44.1 Å². The highest BCUT2D eigenvalue weighted by Gasteiger charge is 2.19. The van der Waals surface area contributed by atoms with Gasteiger partial charge in [0, 0.05) is 24.1 Å². The fourth-order valence-electron chi connectivity index (χ4n) is 1.67. The summed E-state index contributed by atoms with van der Waals surface area (Å²) in [4.78, 5) is 11.7. The number of ether oxygens (including phenoxy) is 1. The van der Waals surface area contributed by atoms with Crippen molar-refractivity contribution in [3.05, 3.63) is 51.8 Å². The molecule has 2 aromatic rings. The van der Waals surface area contributed by atoms with E-state index in [1.807, 2.05) is 0 Å². The number of benzene rings is 1. The molecule has 0 aliphatic carbocycles. The fraction of sp³-hybridized carbons (Fsp3) is 0.231. The summed E-state index contributed by atoms with van der Waals surface area (Å²) in [7, 11) is 1.77. The van der Waals surface area contributed by atoms with Crippen LogP contribution in [0, 0.1) is 11.6 Å². The molecule has 1 heterocycles. The Morgan fingerprint density at radius 3 is 2.60 bits per heavy atom. The summed E-state index contributed by atoms with van der Waals surface area (Å²) in [6.45, 7) is 0.0273. The zero-order valence-corrected chi connectivity index (χ0v) is 12.2. The molecule has 0 spiro atoms. The van der Waals surface area contributed by atoms with Gasteiger partial charge in [-0.15, -0.1) is 0 Å². The number of esters is 1. The van der Waals surface area contributed by atoms with Crippen molar-refractivity contribution in [2.75, 3.05) is 6.61 Å². The van der Waals surface area contributed by atoms with Gasteiger partial charge >= 0.3 is 5.97 Å². The second-order valence-corrected chi connectivity index (χ2v) is 5.07. The number of hydrogen-bond donors (Lipinski definition) is 0. The molecule has 0 unspecified atom stereocenters. The molecule has 2 rings (SSSR count). The largest absolute Gasteiger partial charge is 0.462 e. The van der Waals surface area contributed by atoms with E-state index in [1.54, 1.807) is 24.1 Å². The van der Waals surface area contributed by atoms with Crippen molar-refractivity contribution in [2.45, 2.75) is 6.42 Å². The molecule has 20 heavy (non-hydrogen) atoms. The number of carbonyl (C=O) groups excluding carboxylic acids is 1. The van der Waals surface area contributed by atoms with Gasteiger partial charge in [0.2, 0.25) is 0 Å². The Balaban J connectivity index is 1.98. The lowest BCUT2D eigenvalue weighted by molar-refractivity contribution is 0.0498. The molecule has 0 aliphatic rings. The quantitative estimate of drug-likeness (QED) is 0.801. The van der Waals surface area contributed by atoms with E-state index in [-0.39, 0.29) is 11.1 Å². The van der Waals surface area contributed by atoms with Crippen LogP contribution in [0.1, 0.15) is 15.9 Å². The summed E-state index contributed by atoms with van der Waals surface area (Å²) < 4.78 is 33.8. The van der Waals surface area contributed by atoms with E-state index >= 15 is 0 Å². The van der Waals surface area contributed by atoms with E-state index in [0.717, 1.165) is 17.7 Å². The van der Waals surface area contributed by atoms with Crippen molar-refractivity contribution in [2.24, 2.45) is 7.05 Å². The van der Waals surface area contributed by atoms with Crippen molar-refractivity contribution in [1.29, 1.82) is 0 Å². The first kappa shape index (κ1) is 14.6. The monoisotopic (exact) mass is 344 g/mol. The van der Waals surface area contributed by atoms with Gasteiger partial charge in [-0.2, -0.15) is 5.10 Å². The molecule has 0 saturated carbocycles. The predicted molar refractivity (Wildman–Crippen MR) is 71.3 cm³/mol. The number of aromatic nitrogens is 2. The first-order valence-corrected chi connectivity index (χ1v) is 6.56. The Hall–Kier alpha value is -1.76. The first-order valence-electron chi connectivity index (χ1n) is 5.76.